The van der Waals surface area contributed by atoms with Crippen LogP contribution in [0.5, 0.6) is 0 Å². The van der Waals surface area contributed by atoms with Gasteiger partial charge in [0, 0.05) is 30.6 Å². The van der Waals surface area contributed by atoms with Crippen molar-refractivity contribution in [2.75, 3.05) is 17.7 Å². The van der Waals surface area contributed by atoms with Gasteiger partial charge < -0.3 is 10.6 Å². The molecule has 0 aliphatic heterocycles. The highest BCUT2D eigenvalue weighted by atomic mass is 32.1. The van der Waals surface area contributed by atoms with Crippen LogP contribution in [0.3, 0.4) is 0 Å². The SMILES string of the molecule is CNc1nc(-c2ccc(NC(C)=O)cc2)cs1. The lowest BCUT2D eigenvalue weighted by molar-refractivity contribution is -0.114. The summed E-state index contributed by atoms with van der Waals surface area (Å²) in [5.74, 6) is -0.0659. The fraction of sp³-hybridized carbons (Fsp3) is 0.167. The summed E-state index contributed by atoms with van der Waals surface area (Å²) in [4.78, 5) is 15.3. The lowest BCUT2D eigenvalue weighted by Gasteiger charge is -2.02. The van der Waals surface area contributed by atoms with E-state index >= 15 is 0 Å². The molecule has 17 heavy (non-hydrogen) atoms. The number of anilines is 2. The fourth-order valence-electron chi connectivity index (χ4n) is 1.45. The molecule has 0 fully saturated rings. The molecule has 1 heterocycles. The second kappa shape index (κ2) is 4.97. The second-order valence-electron chi connectivity index (χ2n) is 3.55. The van der Waals surface area contributed by atoms with Crippen molar-refractivity contribution in [1.82, 2.24) is 4.98 Å². The lowest BCUT2D eigenvalue weighted by atomic mass is 10.1. The Labute approximate surface area is 104 Å². The van der Waals surface area contributed by atoms with Crippen molar-refractivity contribution in [2.45, 2.75) is 6.92 Å². The van der Waals surface area contributed by atoms with E-state index in [9.17, 15) is 4.79 Å². The smallest absolute Gasteiger partial charge is 0.221 e. The van der Waals surface area contributed by atoms with E-state index in [1.54, 1.807) is 11.3 Å². The van der Waals surface area contributed by atoms with Crippen LogP contribution < -0.4 is 10.6 Å². The van der Waals surface area contributed by atoms with Crippen LogP contribution in [0, 0.1) is 0 Å². The van der Waals surface area contributed by atoms with Gasteiger partial charge in [0.15, 0.2) is 5.13 Å². The van der Waals surface area contributed by atoms with Gasteiger partial charge in [-0.25, -0.2) is 4.98 Å². The van der Waals surface area contributed by atoms with Crippen LogP contribution in [0.1, 0.15) is 6.92 Å². The number of rotatable bonds is 3. The Morgan fingerprint density at radius 1 is 1.29 bits per heavy atom. The summed E-state index contributed by atoms with van der Waals surface area (Å²) < 4.78 is 0. The van der Waals surface area contributed by atoms with Crippen molar-refractivity contribution in [3.8, 4) is 11.3 Å². The van der Waals surface area contributed by atoms with Gasteiger partial charge in [-0.15, -0.1) is 11.3 Å². The lowest BCUT2D eigenvalue weighted by Crippen LogP contribution is -2.05. The van der Waals surface area contributed by atoms with Gasteiger partial charge in [-0.1, -0.05) is 12.1 Å². The Kier molecular flexibility index (Phi) is 3.39. The number of nitrogens with one attached hydrogen (secondary N) is 2. The molecule has 1 aromatic heterocycles. The van der Waals surface area contributed by atoms with Crippen LogP contribution in [-0.2, 0) is 4.79 Å². The molecule has 0 saturated carbocycles. The topological polar surface area (TPSA) is 54.0 Å². The molecular weight excluding hydrogens is 234 g/mol. The first-order chi connectivity index (χ1) is 8.19. The molecule has 4 nitrogen and oxygen atoms in total. The first kappa shape index (κ1) is 11.6. The Morgan fingerprint density at radius 3 is 2.53 bits per heavy atom. The summed E-state index contributed by atoms with van der Waals surface area (Å²) in [6.07, 6.45) is 0. The number of aromatic nitrogens is 1. The van der Waals surface area contributed by atoms with E-state index in [2.05, 4.69) is 15.6 Å². The summed E-state index contributed by atoms with van der Waals surface area (Å²) in [6.45, 7) is 1.49. The Hall–Kier alpha value is -1.88. The maximum atomic E-state index is 10.9. The molecule has 88 valence electrons. The highest BCUT2D eigenvalue weighted by Crippen LogP contribution is 2.25. The van der Waals surface area contributed by atoms with Crippen molar-refractivity contribution in [3.05, 3.63) is 29.6 Å². The molecule has 0 radical (unpaired) electrons. The molecule has 0 saturated heterocycles. The third-order valence-electron chi connectivity index (χ3n) is 2.22. The van der Waals surface area contributed by atoms with Gasteiger partial charge in [0.1, 0.15) is 0 Å². The van der Waals surface area contributed by atoms with Crippen LogP contribution in [0.2, 0.25) is 0 Å². The monoisotopic (exact) mass is 247 g/mol. The number of amides is 1. The third kappa shape index (κ3) is 2.82. The van der Waals surface area contributed by atoms with E-state index in [1.165, 1.54) is 6.92 Å². The maximum Gasteiger partial charge on any atom is 0.221 e. The largest absolute Gasteiger partial charge is 0.365 e. The molecule has 5 heteroatoms. The minimum absolute atomic E-state index is 0.0659. The van der Waals surface area contributed by atoms with E-state index in [1.807, 2.05) is 36.7 Å². The van der Waals surface area contributed by atoms with E-state index < -0.39 is 0 Å². The molecule has 2 rings (SSSR count). The number of thiazole rings is 1. The average Bonchev–Trinajstić information content (AvgIpc) is 2.78. The molecule has 2 N–H and O–H groups in total. The Balaban J connectivity index is 2.19. The summed E-state index contributed by atoms with van der Waals surface area (Å²) in [6, 6.07) is 7.63. The summed E-state index contributed by atoms with van der Waals surface area (Å²) in [5, 5.41) is 8.63. The molecule has 0 unspecified atom stereocenters. The number of carbonyl (C=O) groups excluding carboxylic acids is 1. The summed E-state index contributed by atoms with van der Waals surface area (Å²) in [7, 11) is 1.85. The number of hydrogen-bond acceptors (Lipinski definition) is 4. The van der Waals surface area contributed by atoms with Crippen LogP contribution in [0.4, 0.5) is 10.8 Å². The number of benzene rings is 1. The third-order valence-corrected chi connectivity index (χ3v) is 3.08. The molecule has 0 bridgehead atoms. The zero-order valence-corrected chi connectivity index (χ0v) is 10.5. The molecule has 1 aromatic carbocycles. The van der Waals surface area contributed by atoms with Crippen molar-refractivity contribution in [3.63, 3.8) is 0 Å². The van der Waals surface area contributed by atoms with Crippen molar-refractivity contribution >= 4 is 28.1 Å². The summed E-state index contributed by atoms with van der Waals surface area (Å²) in [5.41, 5.74) is 2.77. The predicted molar refractivity (Wildman–Crippen MR) is 71.4 cm³/mol. The maximum absolute atomic E-state index is 10.9. The fourth-order valence-corrected chi connectivity index (χ4v) is 2.13. The van der Waals surface area contributed by atoms with Gasteiger partial charge in [0.2, 0.25) is 5.91 Å². The molecule has 0 aliphatic rings. The van der Waals surface area contributed by atoms with Crippen LogP contribution in [0.15, 0.2) is 29.6 Å². The average molecular weight is 247 g/mol. The minimum Gasteiger partial charge on any atom is -0.365 e. The first-order valence-electron chi connectivity index (χ1n) is 5.20. The van der Waals surface area contributed by atoms with E-state index in [-0.39, 0.29) is 5.91 Å². The predicted octanol–water partition coefficient (Wildman–Crippen LogP) is 2.81. The van der Waals surface area contributed by atoms with Crippen molar-refractivity contribution in [2.24, 2.45) is 0 Å². The van der Waals surface area contributed by atoms with Gasteiger partial charge in [0.25, 0.3) is 0 Å². The summed E-state index contributed by atoms with van der Waals surface area (Å²) >= 11 is 1.57. The van der Waals surface area contributed by atoms with Gasteiger partial charge >= 0.3 is 0 Å². The number of carbonyl (C=O) groups is 1. The zero-order chi connectivity index (χ0) is 12.3. The second-order valence-corrected chi connectivity index (χ2v) is 4.40. The molecule has 0 aliphatic carbocycles. The van der Waals surface area contributed by atoms with Crippen LogP contribution >= 0.6 is 11.3 Å². The van der Waals surface area contributed by atoms with E-state index in [0.717, 1.165) is 22.1 Å². The molecule has 1 amide bonds. The van der Waals surface area contributed by atoms with E-state index in [4.69, 9.17) is 0 Å². The quantitative estimate of drug-likeness (QED) is 0.877. The highest BCUT2D eigenvalue weighted by Gasteiger charge is 2.03. The van der Waals surface area contributed by atoms with Gasteiger partial charge in [-0.3, -0.25) is 4.79 Å². The molecule has 0 spiro atoms. The normalized spacial score (nSPS) is 10.0. The van der Waals surface area contributed by atoms with Crippen LogP contribution in [-0.4, -0.2) is 17.9 Å². The Bertz CT molecular complexity index is 519. The number of hydrogen-bond donors (Lipinski definition) is 2. The minimum atomic E-state index is -0.0659. The molecular formula is C12H13N3OS. The van der Waals surface area contributed by atoms with Crippen molar-refractivity contribution < 1.29 is 4.79 Å². The van der Waals surface area contributed by atoms with Crippen LogP contribution in [0.25, 0.3) is 11.3 Å². The van der Waals surface area contributed by atoms with Gasteiger partial charge in [-0.2, -0.15) is 0 Å². The molecule has 2 aromatic rings. The number of nitrogens with zero attached hydrogens (tertiary/aromatic N) is 1. The van der Waals surface area contributed by atoms with Gasteiger partial charge in [0.05, 0.1) is 5.69 Å². The zero-order valence-electron chi connectivity index (χ0n) is 9.65. The van der Waals surface area contributed by atoms with Crippen molar-refractivity contribution in [1.29, 1.82) is 0 Å². The highest BCUT2D eigenvalue weighted by molar-refractivity contribution is 7.14. The van der Waals surface area contributed by atoms with Gasteiger partial charge in [-0.05, 0) is 12.1 Å². The Morgan fingerprint density at radius 2 is 2.00 bits per heavy atom. The molecule has 0 atom stereocenters. The standard InChI is InChI=1S/C12H13N3OS/c1-8(16)14-10-5-3-9(4-6-10)11-7-17-12(13-2)15-11/h3-7H,1-2H3,(H,13,15)(H,14,16). The first-order valence-corrected chi connectivity index (χ1v) is 6.08. The van der Waals surface area contributed by atoms with E-state index in [0.29, 0.717) is 0 Å².